The predicted molar refractivity (Wildman–Crippen MR) is 50.2 cm³/mol. The summed E-state index contributed by atoms with van der Waals surface area (Å²) in [6, 6.07) is 0.530. The molecule has 1 aromatic rings. The fraction of sp³-hybridized carbons (Fsp3) is 0.333. The summed E-state index contributed by atoms with van der Waals surface area (Å²) in [6.45, 7) is -0.104. The highest BCUT2D eigenvalue weighted by molar-refractivity contribution is 6.30. The third kappa shape index (κ3) is 2.42. The second-order valence-corrected chi connectivity index (χ2v) is 3.36. The maximum Gasteiger partial charge on any atom is 0.167 e. The van der Waals surface area contributed by atoms with Crippen LogP contribution in [-0.2, 0) is 0 Å². The van der Waals surface area contributed by atoms with Crippen LogP contribution in [0.15, 0.2) is 6.07 Å². The number of nitrogens with one attached hydrogen (secondary N) is 1. The van der Waals surface area contributed by atoms with Crippen LogP contribution in [0.4, 0.5) is 13.2 Å². The predicted octanol–water partition coefficient (Wildman–Crippen LogP) is 2.01. The summed E-state index contributed by atoms with van der Waals surface area (Å²) in [6.07, 6.45) is -1.48. The minimum atomic E-state index is -1.48. The summed E-state index contributed by atoms with van der Waals surface area (Å²) in [4.78, 5) is 0. The van der Waals surface area contributed by atoms with E-state index in [-0.39, 0.29) is 6.54 Å². The topological polar surface area (TPSA) is 32.3 Å². The van der Waals surface area contributed by atoms with Crippen LogP contribution < -0.4 is 5.32 Å². The first kappa shape index (κ1) is 12.3. The van der Waals surface area contributed by atoms with Crippen molar-refractivity contribution in [1.29, 1.82) is 0 Å². The van der Waals surface area contributed by atoms with Gasteiger partial charge in [-0.1, -0.05) is 11.6 Å². The SMILES string of the molecule is CNCC(O)c1c(F)c(F)cc(Cl)c1F. The van der Waals surface area contributed by atoms with Crippen molar-refractivity contribution in [3.63, 3.8) is 0 Å². The Balaban J connectivity index is 3.26. The lowest BCUT2D eigenvalue weighted by Gasteiger charge is -2.13. The van der Waals surface area contributed by atoms with Gasteiger partial charge in [0.05, 0.1) is 16.7 Å². The van der Waals surface area contributed by atoms with Gasteiger partial charge in [0.25, 0.3) is 0 Å². The van der Waals surface area contributed by atoms with E-state index >= 15 is 0 Å². The molecule has 1 aromatic carbocycles. The molecule has 0 amide bonds. The van der Waals surface area contributed by atoms with E-state index in [0.29, 0.717) is 6.07 Å². The van der Waals surface area contributed by atoms with E-state index in [1.807, 2.05) is 0 Å². The van der Waals surface area contributed by atoms with Crippen LogP contribution in [0.3, 0.4) is 0 Å². The maximum atomic E-state index is 13.3. The first-order valence-corrected chi connectivity index (χ1v) is 4.52. The summed E-state index contributed by atoms with van der Waals surface area (Å²) in [5.41, 5.74) is -0.755. The minimum Gasteiger partial charge on any atom is -0.387 e. The van der Waals surface area contributed by atoms with E-state index in [9.17, 15) is 18.3 Å². The van der Waals surface area contributed by atoms with Crippen molar-refractivity contribution in [2.24, 2.45) is 0 Å². The Hall–Kier alpha value is -0.780. The maximum absolute atomic E-state index is 13.3. The van der Waals surface area contributed by atoms with Gasteiger partial charge in [-0.2, -0.15) is 0 Å². The van der Waals surface area contributed by atoms with Crippen molar-refractivity contribution in [3.8, 4) is 0 Å². The Labute approximate surface area is 89.7 Å². The first-order valence-electron chi connectivity index (χ1n) is 4.14. The number of hydrogen-bond acceptors (Lipinski definition) is 2. The molecule has 84 valence electrons. The van der Waals surface area contributed by atoms with Crippen LogP contribution in [0.25, 0.3) is 0 Å². The van der Waals surface area contributed by atoms with Crippen LogP contribution in [0.1, 0.15) is 11.7 Å². The summed E-state index contributed by atoms with van der Waals surface area (Å²) < 4.78 is 39.3. The Morgan fingerprint density at radius 3 is 2.53 bits per heavy atom. The molecule has 0 spiro atoms. The van der Waals surface area contributed by atoms with Gasteiger partial charge in [-0.05, 0) is 13.1 Å². The zero-order chi connectivity index (χ0) is 11.6. The number of halogens is 4. The van der Waals surface area contributed by atoms with Crippen molar-refractivity contribution in [2.45, 2.75) is 6.10 Å². The number of likely N-dealkylation sites (N-methyl/N-ethyl adjacent to an activating group) is 1. The summed E-state index contributed by atoms with van der Waals surface area (Å²) >= 11 is 5.32. The average molecular weight is 240 g/mol. The van der Waals surface area contributed by atoms with Gasteiger partial charge in [0.1, 0.15) is 0 Å². The fourth-order valence-electron chi connectivity index (χ4n) is 1.18. The lowest BCUT2D eigenvalue weighted by molar-refractivity contribution is 0.166. The van der Waals surface area contributed by atoms with Crippen LogP contribution in [0, 0.1) is 17.5 Å². The van der Waals surface area contributed by atoms with Crippen LogP contribution in [0.2, 0.25) is 5.02 Å². The zero-order valence-electron chi connectivity index (χ0n) is 7.82. The van der Waals surface area contributed by atoms with E-state index in [0.717, 1.165) is 0 Å². The normalized spacial score (nSPS) is 12.9. The van der Waals surface area contributed by atoms with Gasteiger partial charge < -0.3 is 10.4 Å². The molecule has 0 saturated heterocycles. The zero-order valence-corrected chi connectivity index (χ0v) is 8.58. The second kappa shape index (κ2) is 4.83. The molecule has 0 aromatic heterocycles. The van der Waals surface area contributed by atoms with Gasteiger partial charge in [-0.25, -0.2) is 13.2 Å². The van der Waals surface area contributed by atoms with Gasteiger partial charge >= 0.3 is 0 Å². The number of hydrogen-bond donors (Lipinski definition) is 2. The molecule has 2 N–H and O–H groups in total. The molecule has 1 unspecified atom stereocenters. The third-order valence-electron chi connectivity index (χ3n) is 1.88. The minimum absolute atomic E-state index is 0.104. The molecule has 0 aliphatic carbocycles. The molecule has 0 bridgehead atoms. The smallest absolute Gasteiger partial charge is 0.167 e. The molecule has 0 saturated carbocycles. The molecule has 1 atom stereocenters. The molecular weight excluding hydrogens is 231 g/mol. The first-order chi connectivity index (χ1) is 6.99. The highest BCUT2D eigenvalue weighted by Gasteiger charge is 2.23. The molecule has 15 heavy (non-hydrogen) atoms. The van der Waals surface area contributed by atoms with E-state index in [1.54, 1.807) is 0 Å². The summed E-state index contributed by atoms with van der Waals surface area (Å²) in [5.74, 6) is -3.84. The van der Waals surface area contributed by atoms with Crippen molar-refractivity contribution < 1.29 is 18.3 Å². The van der Waals surface area contributed by atoms with Crippen molar-refractivity contribution in [2.75, 3.05) is 13.6 Å². The molecule has 0 fully saturated rings. The van der Waals surface area contributed by atoms with Crippen molar-refractivity contribution in [3.05, 3.63) is 34.1 Å². The van der Waals surface area contributed by atoms with Crippen LogP contribution in [0.5, 0.6) is 0 Å². The van der Waals surface area contributed by atoms with Gasteiger partial charge in [0.15, 0.2) is 17.5 Å². The van der Waals surface area contributed by atoms with Crippen molar-refractivity contribution in [1.82, 2.24) is 5.32 Å². The molecule has 0 heterocycles. The van der Waals surface area contributed by atoms with E-state index in [4.69, 9.17) is 11.6 Å². The number of aliphatic hydroxyl groups excluding tert-OH is 1. The van der Waals surface area contributed by atoms with E-state index < -0.39 is 34.1 Å². The Kier molecular flexibility index (Phi) is 3.96. The highest BCUT2D eigenvalue weighted by atomic mass is 35.5. The quantitative estimate of drug-likeness (QED) is 0.791. The van der Waals surface area contributed by atoms with Crippen molar-refractivity contribution >= 4 is 11.6 Å². The fourth-order valence-corrected chi connectivity index (χ4v) is 1.38. The Bertz CT molecular complexity index is 347. The van der Waals surface area contributed by atoms with Crippen LogP contribution >= 0.6 is 11.6 Å². The van der Waals surface area contributed by atoms with Gasteiger partial charge in [0.2, 0.25) is 0 Å². The van der Waals surface area contributed by atoms with Gasteiger partial charge in [-0.3, -0.25) is 0 Å². The number of rotatable bonds is 3. The summed E-state index contributed by atoms with van der Waals surface area (Å²) in [5, 5.41) is 11.3. The molecule has 1 rings (SSSR count). The number of benzene rings is 1. The lowest BCUT2D eigenvalue weighted by Crippen LogP contribution is -2.19. The number of aliphatic hydroxyl groups is 1. The largest absolute Gasteiger partial charge is 0.387 e. The molecule has 0 aliphatic heterocycles. The van der Waals surface area contributed by atoms with Crippen LogP contribution in [-0.4, -0.2) is 18.7 Å². The van der Waals surface area contributed by atoms with E-state index in [2.05, 4.69) is 5.32 Å². The van der Waals surface area contributed by atoms with Gasteiger partial charge in [0, 0.05) is 6.54 Å². The highest BCUT2D eigenvalue weighted by Crippen LogP contribution is 2.28. The monoisotopic (exact) mass is 239 g/mol. The molecule has 6 heteroatoms. The Morgan fingerprint density at radius 1 is 1.40 bits per heavy atom. The molecule has 0 aliphatic rings. The molecule has 0 radical (unpaired) electrons. The van der Waals surface area contributed by atoms with Gasteiger partial charge in [-0.15, -0.1) is 0 Å². The lowest BCUT2D eigenvalue weighted by atomic mass is 10.1. The molecule has 2 nitrogen and oxygen atoms in total. The summed E-state index contributed by atoms with van der Waals surface area (Å²) in [7, 11) is 1.49. The second-order valence-electron chi connectivity index (χ2n) is 2.96. The average Bonchev–Trinajstić information content (AvgIpc) is 2.16. The standard InChI is InChI=1S/C9H9ClF3NO/c1-14-3-6(15)7-8(12)4(10)2-5(11)9(7)13/h2,6,14-15H,3H2,1H3. The Morgan fingerprint density at radius 2 is 2.00 bits per heavy atom. The molecular formula is C9H9ClF3NO. The van der Waals surface area contributed by atoms with E-state index in [1.165, 1.54) is 7.05 Å². The third-order valence-corrected chi connectivity index (χ3v) is 2.15.